The predicted molar refractivity (Wildman–Crippen MR) is 85.3 cm³/mol. The van der Waals surface area contributed by atoms with Crippen molar-refractivity contribution in [1.29, 1.82) is 0 Å². The van der Waals surface area contributed by atoms with Gasteiger partial charge in [0.25, 0.3) is 0 Å². The minimum atomic E-state index is -0.876. The van der Waals surface area contributed by atoms with Crippen molar-refractivity contribution in [2.24, 2.45) is 0 Å². The lowest BCUT2D eigenvalue weighted by molar-refractivity contribution is 0.169. The van der Waals surface area contributed by atoms with Crippen LogP contribution in [0.15, 0.2) is 48.5 Å². The first-order chi connectivity index (χ1) is 10.6. The molecule has 1 atom stereocenters. The average Bonchev–Trinajstić information content (AvgIpc) is 2.49. The van der Waals surface area contributed by atoms with E-state index in [1.807, 2.05) is 38.1 Å². The van der Waals surface area contributed by atoms with E-state index in [0.29, 0.717) is 12.1 Å². The topological polar surface area (TPSA) is 41.5 Å². The highest BCUT2D eigenvalue weighted by Crippen LogP contribution is 2.20. The summed E-state index contributed by atoms with van der Waals surface area (Å²) in [7, 11) is 0. The minimum Gasteiger partial charge on any atom is -0.491 e. The Morgan fingerprint density at radius 2 is 1.77 bits per heavy atom. The molecule has 0 aliphatic heterocycles. The largest absolute Gasteiger partial charge is 0.491 e. The van der Waals surface area contributed by atoms with Gasteiger partial charge in [-0.2, -0.15) is 0 Å². The first-order valence-electron chi connectivity index (χ1n) is 7.45. The van der Waals surface area contributed by atoms with Crippen LogP contribution in [0.4, 0.5) is 4.39 Å². The number of aliphatic hydroxyl groups excluding tert-OH is 1. The van der Waals surface area contributed by atoms with Gasteiger partial charge in [0.1, 0.15) is 11.6 Å². The second-order valence-electron chi connectivity index (χ2n) is 5.44. The van der Waals surface area contributed by atoms with Gasteiger partial charge in [-0.15, -0.1) is 0 Å². The van der Waals surface area contributed by atoms with Gasteiger partial charge in [-0.1, -0.05) is 36.4 Å². The summed E-state index contributed by atoms with van der Waals surface area (Å²) in [5.41, 5.74) is 1.32. The molecule has 118 valence electrons. The molecule has 0 aliphatic rings. The Hall–Kier alpha value is -1.91. The van der Waals surface area contributed by atoms with Crippen LogP contribution in [0.25, 0.3) is 0 Å². The van der Waals surface area contributed by atoms with Crippen LogP contribution >= 0.6 is 0 Å². The molecule has 2 rings (SSSR count). The molecule has 0 heterocycles. The molecule has 0 bridgehead atoms. The monoisotopic (exact) mass is 303 g/mol. The third-order valence-electron chi connectivity index (χ3n) is 3.25. The molecule has 0 spiro atoms. The van der Waals surface area contributed by atoms with E-state index in [1.165, 1.54) is 6.07 Å². The maximum atomic E-state index is 13.6. The molecule has 0 radical (unpaired) electrons. The van der Waals surface area contributed by atoms with E-state index in [2.05, 4.69) is 5.32 Å². The van der Waals surface area contributed by atoms with Crippen molar-refractivity contribution < 1.29 is 14.2 Å². The van der Waals surface area contributed by atoms with Gasteiger partial charge in [0.15, 0.2) is 0 Å². The van der Waals surface area contributed by atoms with Gasteiger partial charge >= 0.3 is 0 Å². The molecule has 22 heavy (non-hydrogen) atoms. The fourth-order valence-corrected chi connectivity index (χ4v) is 2.22. The van der Waals surface area contributed by atoms with Crippen LogP contribution in [0.2, 0.25) is 0 Å². The van der Waals surface area contributed by atoms with Crippen molar-refractivity contribution in [1.82, 2.24) is 5.32 Å². The van der Waals surface area contributed by atoms with Crippen LogP contribution in [0.1, 0.15) is 31.1 Å². The Balaban J connectivity index is 1.93. The van der Waals surface area contributed by atoms with Gasteiger partial charge in [-0.25, -0.2) is 4.39 Å². The summed E-state index contributed by atoms with van der Waals surface area (Å²) >= 11 is 0. The zero-order chi connectivity index (χ0) is 15.9. The summed E-state index contributed by atoms with van der Waals surface area (Å²) in [5.74, 6) is 0.436. The number of ether oxygens (including phenoxy) is 1. The Kier molecular flexibility index (Phi) is 5.92. The van der Waals surface area contributed by atoms with Gasteiger partial charge in [0.2, 0.25) is 0 Å². The van der Waals surface area contributed by atoms with E-state index in [4.69, 9.17) is 4.74 Å². The van der Waals surface area contributed by atoms with Crippen molar-refractivity contribution in [2.75, 3.05) is 6.54 Å². The van der Waals surface area contributed by atoms with Crippen LogP contribution in [0.5, 0.6) is 5.75 Å². The van der Waals surface area contributed by atoms with Crippen LogP contribution in [0.3, 0.4) is 0 Å². The molecule has 0 fully saturated rings. The van der Waals surface area contributed by atoms with E-state index in [0.717, 1.165) is 11.3 Å². The highest BCUT2D eigenvalue weighted by atomic mass is 19.1. The van der Waals surface area contributed by atoms with Gasteiger partial charge < -0.3 is 15.2 Å². The molecular formula is C18H22FNO2. The van der Waals surface area contributed by atoms with E-state index in [1.54, 1.807) is 18.2 Å². The van der Waals surface area contributed by atoms with Crippen LogP contribution < -0.4 is 10.1 Å². The fourth-order valence-electron chi connectivity index (χ4n) is 2.22. The average molecular weight is 303 g/mol. The van der Waals surface area contributed by atoms with Crippen LogP contribution in [-0.2, 0) is 6.54 Å². The first-order valence-corrected chi connectivity index (χ1v) is 7.45. The Labute approximate surface area is 130 Å². The maximum Gasteiger partial charge on any atom is 0.129 e. The second-order valence-corrected chi connectivity index (χ2v) is 5.44. The molecular weight excluding hydrogens is 281 g/mol. The van der Waals surface area contributed by atoms with E-state index in [9.17, 15) is 9.50 Å². The van der Waals surface area contributed by atoms with E-state index < -0.39 is 6.10 Å². The molecule has 0 aromatic heterocycles. The smallest absolute Gasteiger partial charge is 0.129 e. The number of halogens is 1. The van der Waals surface area contributed by atoms with Gasteiger partial charge in [0, 0.05) is 24.2 Å². The zero-order valence-electron chi connectivity index (χ0n) is 12.9. The summed E-state index contributed by atoms with van der Waals surface area (Å²) < 4.78 is 19.3. The number of aliphatic hydroxyl groups is 1. The van der Waals surface area contributed by atoms with Crippen molar-refractivity contribution in [3.8, 4) is 5.75 Å². The minimum absolute atomic E-state index is 0.102. The number of rotatable bonds is 7. The van der Waals surface area contributed by atoms with E-state index in [-0.39, 0.29) is 18.5 Å². The van der Waals surface area contributed by atoms with Gasteiger partial charge in [-0.05, 0) is 26.0 Å². The number of benzene rings is 2. The zero-order valence-corrected chi connectivity index (χ0v) is 12.9. The summed E-state index contributed by atoms with van der Waals surface area (Å²) in [6.07, 6.45) is -0.774. The summed E-state index contributed by atoms with van der Waals surface area (Å²) in [6, 6.07) is 14.0. The lowest BCUT2D eigenvalue weighted by Gasteiger charge is -2.16. The van der Waals surface area contributed by atoms with Crippen molar-refractivity contribution in [3.63, 3.8) is 0 Å². The van der Waals surface area contributed by atoms with Crippen LogP contribution in [0, 0.1) is 5.82 Å². The summed E-state index contributed by atoms with van der Waals surface area (Å²) in [4.78, 5) is 0. The molecule has 1 unspecified atom stereocenters. The quantitative estimate of drug-likeness (QED) is 0.823. The van der Waals surface area contributed by atoms with Gasteiger partial charge in [0.05, 0.1) is 12.2 Å². The fraction of sp³-hybridized carbons (Fsp3) is 0.333. The summed E-state index contributed by atoms with van der Waals surface area (Å²) in [5, 5.41) is 13.2. The third kappa shape index (κ3) is 4.55. The number of nitrogens with one attached hydrogen (secondary N) is 1. The van der Waals surface area contributed by atoms with Crippen molar-refractivity contribution >= 4 is 0 Å². The van der Waals surface area contributed by atoms with E-state index >= 15 is 0 Å². The van der Waals surface area contributed by atoms with Gasteiger partial charge in [-0.3, -0.25) is 0 Å². The lowest BCUT2D eigenvalue weighted by atomic mass is 10.1. The SMILES string of the molecule is CC(C)Oc1ccccc1CNCC(O)c1ccccc1F. The molecule has 2 aromatic carbocycles. The summed E-state index contributed by atoms with van der Waals surface area (Å²) in [6.45, 7) is 4.78. The molecule has 4 heteroatoms. The molecule has 0 saturated carbocycles. The Morgan fingerprint density at radius 3 is 2.50 bits per heavy atom. The standard InChI is InChI=1S/C18H22FNO2/c1-13(2)22-18-10-6-3-7-14(18)11-20-12-17(21)15-8-4-5-9-16(15)19/h3-10,13,17,20-21H,11-12H2,1-2H3. The van der Waals surface area contributed by atoms with Crippen molar-refractivity contribution in [2.45, 2.75) is 32.6 Å². The Morgan fingerprint density at radius 1 is 1.09 bits per heavy atom. The molecule has 0 saturated heterocycles. The molecule has 2 aromatic rings. The highest BCUT2D eigenvalue weighted by Gasteiger charge is 2.12. The lowest BCUT2D eigenvalue weighted by Crippen LogP contribution is -2.22. The number of para-hydroxylation sites is 1. The predicted octanol–water partition coefficient (Wildman–Crippen LogP) is 3.44. The Bertz CT molecular complexity index is 601. The molecule has 0 aliphatic carbocycles. The third-order valence-corrected chi connectivity index (χ3v) is 3.25. The second kappa shape index (κ2) is 7.92. The first kappa shape index (κ1) is 16.5. The number of hydrogen-bond acceptors (Lipinski definition) is 3. The highest BCUT2D eigenvalue weighted by molar-refractivity contribution is 5.33. The normalized spacial score (nSPS) is 12.4. The maximum absolute atomic E-state index is 13.6. The van der Waals surface area contributed by atoms with Crippen LogP contribution in [-0.4, -0.2) is 17.8 Å². The molecule has 0 amide bonds. The molecule has 2 N–H and O–H groups in total. The number of hydrogen-bond donors (Lipinski definition) is 2. The molecule has 3 nitrogen and oxygen atoms in total. The van der Waals surface area contributed by atoms with Crippen molar-refractivity contribution in [3.05, 3.63) is 65.5 Å².